The molecule has 0 unspecified atom stereocenters. The Morgan fingerprint density at radius 2 is 1.83 bits per heavy atom. The first kappa shape index (κ1) is 16.8. The van der Waals surface area contributed by atoms with Gasteiger partial charge in [0, 0.05) is 13.1 Å². The molecule has 5 heteroatoms. The van der Waals surface area contributed by atoms with Gasteiger partial charge in [0.2, 0.25) is 0 Å². The molecule has 4 nitrogen and oxygen atoms in total. The third-order valence-corrected chi connectivity index (χ3v) is 3.32. The molecule has 0 aliphatic rings. The number of para-hydroxylation sites is 1. The van der Waals surface area contributed by atoms with Crippen molar-refractivity contribution in [1.29, 1.82) is 0 Å². The third-order valence-electron chi connectivity index (χ3n) is 3.32. The number of carbonyl (C=O) groups is 1. The molecule has 0 saturated carbocycles. The van der Waals surface area contributed by atoms with E-state index in [9.17, 15) is 9.18 Å². The first-order chi connectivity index (χ1) is 11.1. The van der Waals surface area contributed by atoms with Crippen LogP contribution in [-0.2, 0) is 6.54 Å². The first-order valence-electron chi connectivity index (χ1n) is 7.60. The Bertz CT molecular complexity index is 629. The fourth-order valence-electron chi connectivity index (χ4n) is 2.02. The quantitative estimate of drug-likeness (QED) is 0.769. The summed E-state index contributed by atoms with van der Waals surface area (Å²) in [6.45, 7) is 3.44. The van der Waals surface area contributed by atoms with Crippen LogP contribution < -0.4 is 15.4 Å². The highest BCUT2D eigenvalue weighted by molar-refractivity contribution is 5.73. The molecular formula is C18H21FN2O2. The predicted molar refractivity (Wildman–Crippen MR) is 87.9 cm³/mol. The maximum atomic E-state index is 12.8. The molecule has 0 spiro atoms. The molecule has 0 fully saturated rings. The van der Waals surface area contributed by atoms with Gasteiger partial charge in [0.25, 0.3) is 0 Å². The Kier molecular flexibility index (Phi) is 6.41. The second-order valence-electron chi connectivity index (χ2n) is 5.20. The highest BCUT2D eigenvalue weighted by Gasteiger charge is 2.01. The van der Waals surface area contributed by atoms with Crippen molar-refractivity contribution in [3.63, 3.8) is 0 Å². The Balaban J connectivity index is 1.58. The number of urea groups is 1. The summed E-state index contributed by atoms with van der Waals surface area (Å²) in [6, 6.07) is 13.6. The summed E-state index contributed by atoms with van der Waals surface area (Å²) in [5.41, 5.74) is 1.95. The molecule has 0 aromatic heterocycles. The molecular weight excluding hydrogens is 295 g/mol. The van der Waals surface area contributed by atoms with Crippen molar-refractivity contribution < 1.29 is 13.9 Å². The minimum Gasteiger partial charge on any atom is -0.493 e. The van der Waals surface area contributed by atoms with E-state index in [-0.39, 0.29) is 11.8 Å². The Morgan fingerprint density at radius 1 is 1.09 bits per heavy atom. The van der Waals surface area contributed by atoms with Gasteiger partial charge in [-0.15, -0.1) is 0 Å². The van der Waals surface area contributed by atoms with Gasteiger partial charge in [0.1, 0.15) is 11.6 Å². The second-order valence-corrected chi connectivity index (χ2v) is 5.20. The number of hydrogen-bond acceptors (Lipinski definition) is 2. The van der Waals surface area contributed by atoms with Gasteiger partial charge in [0.15, 0.2) is 0 Å². The van der Waals surface area contributed by atoms with E-state index in [1.54, 1.807) is 12.1 Å². The Labute approximate surface area is 135 Å². The highest BCUT2D eigenvalue weighted by atomic mass is 19.1. The van der Waals surface area contributed by atoms with Crippen molar-refractivity contribution in [2.24, 2.45) is 0 Å². The fourth-order valence-corrected chi connectivity index (χ4v) is 2.02. The van der Waals surface area contributed by atoms with Crippen molar-refractivity contribution in [2.45, 2.75) is 19.9 Å². The zero-order valence-electron chi connectivity index (χ0n) is 13.1. The number of halogens is 1. The SMILES string of the molecule is Cc1ccccc1OCCCNC(=O)NCc1ccc(F)cc1. The smallest absolute Gasteiger partial charge is 0.315 e. The van der Waals surface area contributed by atoms with E-state index in [1.807, 2.05) is 31.2 Å². The molecule has 2 aromatic carbocycles. The summed E-state index contributed by atoms with van der Waals surface area (Å²) in [6.07, 6.45) is 0.721. The lowest BCUT2D eigenvalue weighted by Crippen LogP contribution is -2.36. The molecule has 2 N–H and O–H groups in total. The van der Waals surface area contributed by atoms with Crippen molar-refractivity contribution in [1.82, 2.24) is 10.6 Å². The van der Waals surface area contributed by atoms with Gasteiger partial charge in [-0.25, -0.2) is 9.18 Å². The molecule has 122 valence electrons. The maximum Gasteiger partial charge on any atom is 0.315 e. The minimum atomic E-state index is -0.285. The highest BCUT2D eigenvalue weighted by Crippen LogP contribution is 2.15. The van der Waals surface area contributed by atoms with E-state index >= 15 is 0 Å². The number of aryl methyl sites for hydroxylation is 1. The second kappa shape index (κ2) is 8.78. The molecule has 0 heterocycles. The predicted octanol–water partition coefficient (Wildman–Crippen LogP) is 3.40. The minimum absolute atomic E-state index is 0.245. The standard InChI is InChI=1S/C18H21FN2O2/c1-14-5-2-3-6-17(14)23-12-4-11-20-18(22)21-13-15-7-9-16(19)10-8-15/h2-3,5-10H,4,11-13H2,1H3,(H2,20,21,22). The number of nitrogens with one attached hydrogen (secondary N) is 2. The monoisotopic (exact) mass is 316 g/mol. The van der Waals surface area contributed by atoms with Crippen LogP contribution in [0, 0.1) is 12.7 Å². The third kappa shape index (κ3) is 5.98. The van der Waals surface area contributed by atoms with Crippen LogP contribution in [0.3, 0.4) is 0 Å². The zero-order valence-corrected chi connectivity index (χ0v) is 13.1. The average Bonchev–Trinajstić information content (AvgIpc) is 2.55. The molecule has 2 aromatic rings. The van der Waals surface area contributed by atoms with E-state index in [0.29, 0.717) is 19.7 Å². The summed E-state index contributed by atoms with van der Waals surface area (Å²) in [5.74, 6) is 0.583. The van der Waals surface area contributed by atoms with Crippen molar-refractivity contribution in [3.8, 4) is 5.75 Å². The average molecular weight is 316 g/mol. The van der Waals surface area contributed by atoms with Crippen LogP contribution in [0.15, 0.2) is 48.5 Å². The molecule has 0 radical (unpaired) electrons. The zero-order chi connectivity index (χ0) is 16.5. The Hall–Kier alpha value is -2.56. The number of carbonyl (C=O) groups excluding carboxylic acids is 1. The van der Waals surface area contributed by atoms with Crippen molar-refractivity contribution >= 4 is 6.03 Å². The Morgan fingerprint density at radius 3 is 2.57 bits per heavy atom. The van der Waals surface area contributed by atoms with E-state index in [0.717, 1.165) is 23.3 Å². The molecule has 2 amide bonds. The molecule has 0 saturated heterocycles. The number of hydrogen-bond donors (Lipinski definition) is 2. The van der Waals surface area contributed by atoms with Crippen LogP contribution in [0.5, 0.6) is 5.75 Å². The molecule has 0 aliphatic carbocycles. The number of amides is 2. The van der Waals surface area contributed by atoms with Crippen LogP contribution in [0.4, 0.5) is 9.18 Å². The van der Waals surface area contributed by atoms with Crippen molar-refractivity contribution in [3.05, 3.63) is 65.5 Å². The normalized spacial score (nSPS) is 10.2. The summed E-state index contributed by atoms with van der Waals surface area (Å²) >= 11 is 0. The first-order valence-corrected chi connectivity index (χ1v) is 7.60. The molecule has 23 heavy (non-hydrogen) atoms. The summed E-state index contributed by atoms with van der Waals surface area (Å²) in [5, 5.41) is 5.48. The van der Waals surface area contributed by atoms with Gasteiger partial charge in [0.05, 0.1) is 6.61 Å². The lowest BCUT2D eigenvalue weighted by atomic mass is 10.2. The van der Waals surface area contributed by atoms with E-state index in [1.165, 1.54) is 12.1 Å². The van der Waals surface area contributed by atoms with Crippen LogP contribution in [-0.4, -0.2) is 19.2 Å². The van der Waals surface area contributed by atoms with Gasteiger partial charge in [-0.2, -0.15) is 0 Å². The number of benzene rings is 2. The number of rotatable bonds is 7. The lowest BCUT2D eigenvalue weighted by molar-refractivity contribution is 0.238. The molecule has 0 bridgehead atoms. The van der Waals surface area contributed by atoms with Gasteiger partial charge in [-0.05, 0) is 42.7 Å². The van der Waals surface area contributed by atoms with E-state index < -0.39 is 0 Å². The fraction of sp³-hybridized carbons (Fsp3) is 0.278. The maximum absolute atomic E-state index is 12.8. The van der Waals surface area contributed by atoms with Gasteiger partial charge >= 0.3 is 6.03 Å². The van der Waals surface area contributed by atoms with Crippen LogP contribution in [0.2, 0.25) is 0 Å². The van der Waals surface area contributed by atoms with Gasteiger partial charge < -0.3 is 15.4 Å². The van der Waals surface area contributed by atoms with Gasteiger partial charge in [-0.3, -0.25) is 0 Å². The summed E-state index contributed by atoms with van der Waals surface area (Å²) in [7, 11) is 0. The van der Waals surface area contributed by atoms with E-state index in [2.05, 4.69) is 10.6 Å². The topological polar surface area (TPSA) is 50.4 Å². The van der Waals surface area contributed by atoms with Crippen LogP contribution in [0.1, 0.15) is 17.5 Å². The molecule has 0 aliphatic heterocycles. The van der Waals surface area contributed by atoms with Crippen LogP contribution in [0.25, 0.3) is 0 Å². The van der Waals surface area contributed by atoms with Crippen molar-refractivity contribution in [2.75, 3.05) is 13.2 Å². The number of ether oxygens (including phenoxy) is 1. The largest absolute Gasteiger partial charge is 0.493 e. The van der Waals surface area contributed by atoms with E-state index in [4.69, 9.17) is 4.74 Å². The molecule has 2 rings (SSSR count). The summed E-state index contributed by atoms with van der Waals surface area (Å²) in [4.78, 5) is 11.6. The lowest BCUT2D eigenvalue weighted by Gasteiger charge is -2.10. The molecule has 0 atom stereocenters. The van der Waals surface area contributed by atoms with Gasteiger partial charge in [-0.1, -0.05) is 30.3 Å². The van der Waals surface area contributed by atoms with Crippen LogP contribution >= 0.6 is 0 Å². The summed E-state index contributed by atoms with van der Waals surface area (Å²) < 4.78 is 18.4.